The van der Waals surface area contributed by atoms with Gasteiger partial charge in [-0.3, -0.25) is 9.89 Å². The summed E-state index contributed by atoms with van der Waals surface area (Å²) in [4.78, 5) is 21.8. The van der Waals surface area contributed by atoms with Crippen molar-refractivity contribution in [1.82, 2.24) is 20.2 Å². The molecule has 0 aliphatic heterocycles. The van der Waals surface area contributed by atoms with Crippen LogP contribution in [0.4, 0.5) is 11.8 Å². The van der Waals surface area contributed by atoms with Crippen molar-refractivity contribution in [2.45, 2.75) is 20.3 Å². The number of nitrogens with two attached hydrogens (primary N) is 1. The molecule has 0 fully saturated rings. The molecule has 0 aliphatic carbocycles. The molecule has 0 radical (unpaired) electrons. The van der Waals surface area contributed by atoms with Gasteiger partial charge in [0.15, 0.2) is 5.65 Å². The van der Waals surface area contributed by atoms with Crippen LogP contribution in [0.15, 0.2) is 6.20 Å². The fourth-order valence-electron chi connectivity index (χ4n) is 1.90. The molecule has 0 unspecified atom stereocenters. The molecule has 2 heterocycles. The van der Waals surface area contributed by atoms with E-state index in [1.807, 2.05) is 6.92 Å². The number of aromatic amines is 1. The van der Waals surface area contributed by atoms with Crippen molar-refractivity contribution in [3.05, 3.63) is 6.20 Å². The molecule has 0 aliphatic rings. The number of rotatable bonds is 7. The Morgan fingerprint density at radius 2 is 2.25 bits per heavy atom. The highest BCUT2D eigenvalue weighted by atomic mass is 16.1. The third-order valence-corrected chi connectivity index (χ3v) is 2.85. The summed E-state index contributed by atoms with van der Waals surface area (Å²) >= 11 is 0. The first-order valence-corrected chi connectivity index (χ1v) is 6.64. The van der Waals surface area contributed by atoms with Crippen molar-refractivity contribution < 1.29 is 4.79 Å². The van der Waals surface area contributed by atoms with Crippen molar-refractivity contribution in [3.63, 3.8) is 0 Å². The number of primary amides is 1. The van der Waals surface area contributed by atoms with Gasteiger partial charge in [0, 0.05) is 13.1 Å². The van der Waals surface area contributed by atoms with Gasteiger partial charge < -0.3 is 16.0 Å². The minimum atomic E-state index is -0.398. The summed E-state index contributed by atoms with van der Waals surface area (Å²) in [5.74, 6) is 0.773. The third-order valence-electron chi connectivity index (χ3n) is 2.85. The van der Waals surface area contributed by atoms with Crippen molar-refractivity contribution in [1.29, 1.82) is 0 Å². The lowest BCUT2D eigenvalue weighted by Gasteiger charge is -2.21. The van der Waals surface area contributed by atoms with E-state index in [0.717, 1.165) is 18.4 Å². The van der Waals surface area contributed by atoms with Gasteiger partial charge in [-0.25, -0.2) is 0 Å². The van der Waals surface area contributed by atoms with Crippen molar-refractivity contribution in [3.8, 4) is 0 Å². The maximum Gasteiger partial charge on any atom is 0.236 e. The van der Waals surface area contributed by atoms with Crippen molar-refractivity contribution >= 4 is 28.7 Å². The predicted octanol–water partition coefficient (Wildman–Crippen LogP) is 0.486. The molecule has 0 saturated heterocycles. The van der Waals surface area contributed by atoms with Crippen LogP contribution in [0, 0.1) is 0 Å². The molecule has 8 nitrogen and oxygen atoms in total. The minimum Gasteiger partial charge on any atom is -0.368 e. The Hall–Kier alpha value is -2.38. The molecular weight excluding hydrogens is 258 g/mol. The number of hydrogen-bond acceptors (Lipinski definition) is 6. The first-order chi connectivity index (χ1) is 9.65. The summed E-state index contributed by atoms with van der Waals surface area (Å²) in [5, 5.41) is 10.7. The quantitative estimate of drug-likeness (QED) is 0.678. The molecule has 4 N–H and O–H groups in total. The van der Waals surface area contributed by atoms with Crippen LogP contribution in [-0.4, -0.2) is 45.7 Å². The standard InChI is InChI=1S/C12H19N7O/c1-3-5-14-12-16-10-8(6-15-18-10)11(17-12)19(4-2)7-9(13)20/h6H,3-5,7H2,1-2H3,(H2,13,20)(H2,14,15,16,17,18). The summed E-state index contributed by atoms with van der Waals surface area (Å²) in [5.41, 5.74) is 5.92. The molecule has 0 bridgehead atoms. The molecular formula is C12H19N7O. The van der Waals surface area contributed by atoms with Gasteiger partial charge in [0.05, 0.1) is 18.1 Å². The van der Waals surface area contributed by atoms with Crippen LogP contribution >= 0.6 is 0 Å². The average Bonchev–Trinajstić information content (AvgIpc) is 2.89. The molecule has 20 heavy (non-hydrogen) atoms. The van der Waals surface area contributed by atoms with Gasteiger partial charge >= 0.3 is 0 Å². The molecule has 0 spiro atoms. The molecule has 2 aromatic heterocycles. The lowest BCUT2D eigenvalue weighted by Crippen LogP contribution is -2.34. The number of carbonyl (C=O) groups excluding carboxylic acids is 1. The van der Waals surface area contributed by atoms with E-state index < -0.39 is 5.91 Å². The number of amides is 1. The Labute approximate surface area is 116 Å². The van der Waals surface area contributed by atoms with Crippen LogP contribution < -0.4 is 16.0 Å². The van der Waals surface area contributed by atoms with Crippen LogP contribution in [-0.2, 0) is 4.79 Å². The van der Waals surface area contributed by atoms with Crippen molar-refractivity contribution in [2.24, 2.45) is 5.73 Å². The molecule has 0 saturated carbocycles. The second-order valence-electron chi connectivity index (χ2n) is 4.41. The number of nitrogens with one attached hydrogen (secondary N) is 2. The van der Waals surface area contributed by atoms with E-state index in [9.17, 15) is 4.79 Å². The van der Waals surface area contributed by atoms with Gasteiger partial charge in [0.2, 0.25) is 11.9 Å². The van der Waals surface area contributed by atoms with Gasteiger partial charge in [0.25, 0.3) is 0 Å². The average molecular weight is 277 g/mol. The topological polar surface area (TPSA) is 113 Å². The monoisotopic (exact) mass is 277 g/mol. The Balaban J connectivity index is 2.42. The molecule has 0 aromatic carbocycles. The molecule has 0 atom stereocenters. The predicted molar refractivity (Wildman–Crippen MR) is 77.5 cm³/mol. The largest absolute Gasteiger partial charge is 0.368 e. The fourth-order valence-corrected chi connectivity index (χ4v) is 1.90. The highest BCUT2D eigenvalue weighted by molar-refractivity contribution is 5.90. The van der Waals surface area contributed by atoms with E-state index in [0.29, 0.717) is 24.0 Å². The van der Waals surface area contributed by atoms with E-state index in [-0.39, 0.29) is 6.54 Å². The third kappa shape index (κ3) is 2.95. The highest BCUT2D eigenvalue weighted by Gasteiger charge is 2.16. The van der Waals surface area contributed by atoms with Crippen LogP contribution in [0.5, 0.6) is 0 Å². The fraction of sp³-hybridized carbons (Fsp3) is 0.500. The minimum absolute atomic E-state index is 0.112. The second-order valence-corrected chi connectivity index (χ2v) is 4.41. The number of likely N-dealkylation sites (N-methyl/N-ethyl adjacent to an activating group) is 1. The molecule has 2 aromatic rings. The SMILES string of the molecule is CCCNc1nc(N(CC)CC(N)=O)c2cn[nH]c2n1. The molecule has 108 valence electrons. The maximum absolute atomic E-state index is 11.2. The van der Waals surface area contributed by atoms with E-state index >= 15 is 0 Å². The summed E-state index contributed by atoms with van der Waals surface area (Å²) in [6.07, 6.45) is 2.62. The van der Waals surface area contributed by atoms with Gasteiger partial charge in [-0.05, 0) is 13.3 Å². The summed E-state index contributed by atoms with van der Waals surface area (Å²) in [7, 11) is 0. The van der Waals surface area contributed by atoms with E-state index in [1.54, 1.807) is 11.1 Å². The van der Waals surface area contributed by atoms with Crippen LogP contribution in [0.25, 0.3) is 11.0 Å². The van der Waals surface area contributed by atoms with Crippen LogP contribution in [0.3, 0.4) is 0 Å². The first kappa shape index (κ1) is 14.0. The molecule has 1 amide bonds. The molecule has 8 heteroatoms. The maximum atomic E-state index is 11.2. The Kier molecular flexibility index (Phi) is 4.34. The van der Waals surface area contributed by atoms with Crippen LogP contribution in [0.1, 0.15) is 20.3 Å². The van der Waals surface area contributed by atoms with Crippen molar-refractivity contribution in [2.75, 3.05) is 29.9 Å². The van der Waals surface area contributed by atoms with Gasteiger partial charge in [-0.2, -0.15) is 15.1 Å². The smallest absolute Gasteiger partial charge is 0.236 e. The van der Waals surface area contributed by atoms with E-state index in [2.05, 4.69) is 32.4 Å². The zero-order chi connectivity index (χ0) is 14.5. The lowest BCUT2D eigenvalue weighted by atomic mass is 10.3. The van der Waals surface area contributed by atoms with Gasteiger partial charge in [0.1, 0.15) is 5.82 Å². The highest BCUT2D eigenvalue weighted by Crippen LogP contribution is 2.23. The van der Waals surface area contributed by atoms with Crippen LogP contribution in [0.2, 0.25) is 0 Å². The van der Waals surface area contributed by atoms with Gasteiger partial charge in [-0.1, -0.05) is 6.92 Å². The molecule has 2 rings (SSSR count). The van der Waals surface area contributed by atoms with Gasteiger partial charge in [-0.15, -0.1) is 0 Å². The zero-order valence-electron chi connectivity index (χ0n) is 11.7. The number of anilines is 2. The first-order valence-electron chi connectivity index (χ1n) is 6.64. The normalized spacial score (nSPS) is 10.7. The number of hydrogen-bond donors (Lipinski definition) is 3. The summed E-state index contributed by atoms with van der Waals surface area (Å²) in [6.45, 7) is 5.51. The zero-order valence-corrected chi connectivity index (χ0v) is 11.7. The Morgan fingerprint density at radius 1 is 1.45 bits per heavy atom. The number of carbonyl (C=O) groups is 1. The van der Waals surface area contributed by atoms with E-state index in [4.69, 9.17) is 5.73 Å². The summed E-state index contributed by atoms with van der Waals surface area (Å²) in [6, 6.07) is 0. The Morgan fingerprint density at radius 3 is 2.90 bits per heavy atom. The number of H-pyrrole nitrogens is 1. The Bertz CT molecular complexity index is 595. The number of nitrogens with zero attached hydrogens (tertiary/aromatic N) is 4. The van der Waals surface area contributed by atoms with E-state index in [1.165, 1.54) is 0 Å². The lowest BCUT2D eigenvalue weighted by molar-refractivity contribution is -0.116. The summed E-state index contributed by atoms with van der Waals surface area (Å²) < 4.78 is 0. The number of fused-ring (bicyclic) bond motifs is 1. The second kappa shape index (κ2) is 6.18. The number of aromatic nitrogens is 4.